The van der Waals surface area contributed by atoms with E-state index in [1.165, 1.54) is 0 Å². The van der Waals surface area contributed by atoms with E-state index in [4.69, 9.17) is 0 Å². The van der Waals surface area contributed by atoms with Crippen LogP contribution in [0.5, 0.6) is 0 Å². The van der Waals surface area contributed by atoms with Crippen LogP contribution in [0.15, 0.2) is 0 Å². The van der Waals surface area contributed by atoms with Crippen molar-refractivity contribution in [3.05, 3.63) is 0 Å². The van der Waals surface area contributed by atoms with Gasteiger partial charge in [0.15, 0.2) is 0 Å². The fourth-order valence-electron chi connectivity index (χ4n) is 4.27. The topological polar surface area (TPSA) is 43.9 Å². The lowest BCUT2D eigenvalue weighted by atomic mass is 9.79. The monoisotopic (exact) mass is 321 g/mol. The number of nitrogens with zero attached hydrogens (tertiary/aromatic N) is 3. The van der Waals surface area contributed by atoms with Crippen LogP contribution in [0.2, 0.25) is 0 Å². The Morgan fingerprint density at radius 2 is 1.48 bits per heavy atom. The number of amides is 1. The molecule has 3 fully saturated rings. The number of ketones is 1. The second-order valence-electron chi connectivity index (χ2n) is 7.87. The van der Waals surface area contributed by atoms with Crippen molar-refractivity contribution in [3.63, 3.8) is 0 Å². The molecule has 130 valence electrons. The van der Waals surface area contributed by atoms with Gasteiger partial charge in [-0.2, -0.15) is 0 Å². The first-order valence-electron chi connectivity index (χ1n) is 9.23. The summed E-state index contributed by atoms with van der Waals surface area (Å²) in [5.41, 5.74) is 0. The smallest absolute Gasteiger partial charge is 0.225 e. The summed E-state index contributed by atoms with van der Waals surface area (Å²) in [6.45, 7) is 9.37. The van der Waals surface area contributed by atoms with Crippen LogP contribution in [-0.4, -0.2) is 79.3 Å². The van der Waals surface area contributed by atoms with Crippen molar-refractivity contribution in [1.82, 2.24) is 14.7 Å². The van der Waals surface area contributed by atoms with Crippen molar-refractivity contribution in [2.24, 2.45) is 17.8 Å². The Kier molecular flexibility index (Phi) is 5.37. The Hall–Kier alpha value is -0.940. The SMILES string of the molecule is CC(=O)C1CCC(C(=O)N2CC(CN3CCN(C)CC3)C2)CC1. The van der Waals surface area contributed by atoms with Gasteiger partial charge < -0.3 is 14.7 Å². The van der Waals surface area contributed by atoms with Gasteiger partial charge in [0.05, 0.1) is 0 Å². The van der Waals surface area contributed by atoms with Gasteiger partial charge in [0.2, 0.25) is 5.91 Å². The maximum atomic E-state index is 12.6. The lowest BCUT2D eigenvalue weighted by Gasteiger charge is -2.45. The fraction of sp³-hybridized carbons (Fsp3) is 0.889. The normalized spacial score (nSPS) is 31.0. The van der Waals surface area contributed by atoms with E-state index in [9.17, 15) is 9.59 Å². The maximum Gasteiger partial charge on any atom is 0.225 e. The molecule has 0 unspecified atom stereocenters. The van der Waals surface area contributed by atoms with Gasteiger partial charge in [-0.25, -0.2) is 0 Å². The van der Waals surface area contributed by atoms with Gasteiger partial charge in [-0.3, -0.25) is 9.59 Å². The molecule has 2 aliphatic heterocycles. The number of carbonyl (C=O) groups is 2. The summed E-state index contributed by atoms with van der Waals surface area (Å²) in [5, 5.41) is 0. The average molecular weight is 321 g/mol. The van der Waals surface area contributed by atoms with Crippen LogP contribution >= 0.6 is 0 Å². The molecule has 5 heteroatoms. The van der Waals surface area contributed by atoms with Crippen molar-refractivity contribution in [2.75, 3.05) is 52.9 Å². The van der Waals surface area contributed by atoms with Gasteiger partial charge in [-0.15, -0.1) is 0 Å². The van der Waals surface area contributed by atoms with Gasteiger partial charge in [-0.05, 0) is 39.7 Å². The molecule has 5 nitrogen and oxygen atoms in total. The Morgan fingerprint density at radius 3 is 2.04 bits per heavy atom. The molecule has 3 aliphatic rings. The van der Waals surface area contributed by atoms with E-state index in [-0.39, 0.29) is 11.8 Å². The highest BCUT2D eigenvalue weighted by molar-refractivity contribution is 5.81. The molecule has 0 aromatic heterocycles. The molecule has 0 N–H and O–H groups in total. The van der Waals surface area contributed by atoms with Crippen molar-refractivity contribution >= 4 is 11.7 Å². The number of likely N-dealkylation sites (tertiary alicyclic amines) is 1. The highest BCUT2D eigenvalue weighted by Gasteiger charge is 2.37. The Balaban J connectivity index is 1.36. The first-order chi connectivity index (χ1) is 11.0. The zero-order chi connectivity index (χ0) is 16.4. The van der Waals surface area contributed by atoms with Crippen LogP contribution in [-0.2, 0) is 9.59 Å². The van der Waals surface area contributed by atoms with Gasteiger partial charge in [0, 0.05) is 63.6 Å². The Bertz CT molecular complexity index is 432. The third kappa shape index (κ3) is 4.13. The summed E-state index contributed by atoms with van der Waals surface area (Å²) in [6, 6.07) is 0. The Morgan fingerprint density at radius 1 is 0.913 bits per heavy atom. The van der Waals surface area contributed by atoms with Crippen LogP contribution in [0, 0.1) is 17.8 Å². The Labute approximate surface area is 140 Å². The van der Waals surface area contributed by atoms with Crippen molar-refractivity contribution in [1.29, 1.82) is 0 Å². The third-order valence-corrected chi connectivity index (χ3v) is 6.03. The average Bonchev–Trinajstić information content (AvgIpc) is 2.52. The predicted molar refractivity (Wildman–Crippen MR) is 90.1 cm³/mol. The molecule has 0 bridgehead atoms. The molecule has 0 aromatic carbocycles. The third-order valence-electron chi connectivity index (χ3n) is 6.03. The van der Waals surface area contributed by atoms with E-state index in [0.717, 1.165) is 71.5 Å². The van der Waals surface area contributed by atoms with Crippen LogP contribution in [0.3, 0.4) is 0 Å². The number of hydrogen-bond acceptors (Lipinski definition) is 4. The largest absolute Gasteiger partial charge is 0.342 e. The van der Waals surface area contributed by atoms with Crippen LogP contribution in [0.4, 0.5) is 0 Å². The maximum absolute atomic E-state index is 12.6. The number of Topliss-reactive ketones (excluding diaryl/α,β-unsaturated/α-hetero) is 1. The van der Waals surface area contributed by atoms with Crippen LogP contribution < -0.4 is 0 Å². The predicted octanol–water partition coefficient (Wildman–Crippen LogP) is 1.09. The van der Waals surface area contributed by atoms with Crippen LogP contribution in [0.25, 0.3) is 0 Å². The second-order valence-corrected chi connectivity index (χ2v) is 7.87. The lowest BCUT2D eigenvalue weighted by molar-refractivity contribution is -0.144. The van der Waals surface area contributed by atoms with E-state index in [0.29, 0.717) is 17.6 Å². The molecular formula is C18H31N3O2. The molecule has 1 aliphatic carbocycles. The molecule has 1 saturated carbocycles. The van der Waals surface area contributed by atoms with Gasteiger partial charge in [0.1, 0.15) is 5.78 Å². The van der Waals surface area contributed by atoms with E-state index >= 15 is 0 Å². The number of hydrogen-bond donors (Lipinski definition) is 0. The number of piperazine rings is 1. The molecule has 2 saturated heterocycles. The van der Waals surface area contributed by atoms with Gasteiger partial charge in [0.25, 0.3) is 0 Å². The van der Waals surface area contributed by atoms with Crippen molar-refractivity contribution in [3.8, 4) is 0 Å². The van der Waals surface area contributed by atoms with E-state index < -0.39 is 0 Å². The number of rotatable bonds is 4. The minimum Gasteiger partial charge on any atom is -0.342 e. The first kappa shape index (κ1) is 16.9. The molecule has 0 spiro atoms. The zero-order valence-corrected chi connectivity index (χ0v) is 14.7. The highest BCUT2D eigenvalue weighted by atomic mass is 16.2. The van der Waals surface area contributed by atoms with E-state index in [2.05, 4.69) is 21.7 Å². The summed E-state index contributed by atoms with van der Waals surface area (Å²) in [6.07, 6.45) is 3.63. The molecule has 0 aromatic rings. The molecule has 23 heavy (non-hydrogen) atoms. The first-order valence-corrected chi connectivity index (χ1v) is 9.23. The van der Waals surface area contributed by atoms with Gasteiger partial charge in [-0.1, -0.05) is 0 Å². The summed E-state index contributed by atoms with van der Waals surface area (Å²) in [5.74, 6) is 1.69. The van der Waals surface area contributed by atoms with E-state index in [1.54, 1.807) is 6.92 Å². The molecular weight excluding hydrogens is 290 g/mol. The summed E-state index contributed by atoms with van der Waals surface area (Å²) in [7, 11) is 2.18. The molecule has 1 amide bonds. The minimum atomic E-state index is 0.176. The molecule has 2 heterocycles. The standard InChI is InChI=1S/C18H31N3O2/c1-14(22)16-3-5-17(6-4-16)18(23)21-12-15(13-21)11-20-9-7-19(2)8-10-20/h15-17H,3-13H2,1-2H3. The second kappa shape index (κ2) is 7.31. The van der Waals surface area contributed by atoms with Crippen molar-refractivity contribution < 1.29 is 9.59 Å². The van der Waals surface area contributed by atoms with Gasteiger partial charge >= 0.3 is 0 Å². The lowest BCUT2D eigenvalue weighted by Crippen LogP contribution is -2.57. The van der Waals surface area contributed by atoms with Crippen molar-refractivity contribution in [2.45, 2.75) is 32.6 Å². The fourth-order valence-corrected chi connectivity index (χ4v) is 4.27. The summed E-state index contributed by atoms with van der Waals surface area (Å²) < 4.78 is 0. The highest BCUT2D eigenvalue weighted by Crippen LogP contribution is 2.32. The zero-order valence-electron chi connectivity index (χ0n) is 14.7. The molecule has 3 rings (SSSR count). The molecule has 0 atom stereocenters. The number of carbonyl (C=O) groups excluding carboxylic acids is 2. The minimum absolute atomic E-state index is 0.176. The van der Waals surface area contributed by atoms with E-state index in [1.807, 2.05) is 0 Å². The quantitative estimate of drug-likeness (QED) is 0.777. The molecule has 0 radical (unpaired) electrons. The summed E-state index contributed by atoms with van der Waals surface area (Å²) >= 11 is 0. The summed E-state index contributed by atoms with van der Waals surface area (Å²) in [4.78, 5) is 31.0. The van der Waals surface area contributed by atoms with Crippen LogP contribution in [0.1, 0.15) is 32.6 Å². The number of likely N-dealkylation sites (N-methyl/N-ethyl adjacent to an activating group) is 1.